The molecule has 0 N–H and O–H groups in total. The Bertz CT molecular complexity index is 2810. The highest BCUT2D eigenvalue weighted by Crippen LogP contribution is 2.27. The summed E-state index contributed by atoms with van der Waals surface area (Å²) in [7, 11) is 0.722. The van der Waals surface area contributed by atoms with Gasteiger partial charge in [0, 0.05) is 89.7 Å². The van der Waals surface area contributed by atoms with E-state index < -0.39 is 25.6 Å². The van der Waals surface area contributed by atoms with Crippen LogP contribution in [0, 0.1) is 11.8 Å². The summed E-state index contributed by atoms with van der Waals surface area (Å²) < 4.78 is 87.3. The lowest BCUT2D eigenvalue weighted by molar-refractivity contribution is -0.00388. The van der Waals surface area contributed by atoms with Crippen molar-refractivity contribution in [2.24, 2.45) is 11.8 Å². The minimum absolute atomic E-state index is 0.0205. The number of ether oxygens (including phenoxy) is 5. The van der Waals surface area contributed by atoms with Gasteiger partial charge in [-0.2, -0.15) is 18.8 Å². The van der Waals surface area contributed by atoms with Crippen molar-refractivity contribution >= 4 is 26.1 Å². The smallest absolute Gasteiger partial charge is 0.410 e. The van der Waals surface area contributed by atoms with Crippen LogP contribution >= 0.6 is 0 Å². The van der Waals surface area contributed by atoms with Crippen LogP contribution in [0.4, 0.5) is 4.79 Å². The van der Waals surface area contributed by atoms with Gasteiger partial charge in [0.25, 0.3) is 20.0 Å². The molecule has 18 nitrogen and oxygen atoms in total. The maximum Gasteiger partial charge on any atom is 0.410 e. The molecule has 6 aromatic rings. The molecule has 0 spiro atoms. The van der Waals surface area contributed by atoms with E-state index in [1.165, 1.54) is 14.7 Å². The zero-order valence-electron chi connectivity index (χ0n) is 42.2. The Morgan fingerprint density at radius 1 is 0.528 bits per heavy atom. The summed E-state index contributed by atoms with van der Waals surface area (Å²) >= 11 is 0. The summed E-state index contributed by atoms with van der Waals surface area (Å²) in [5, 5.41) is 8.87. The highest BCUT2D eigenvalue weighted by molar-refractivity contribution is 7.89. The maximum atomic E-state index is 13.8. The van der Waals surface area contributed by atoms with Gasteiger partial charge < -0.3 is 33.5 Å². The quantitative estimate of drug-likeness (QED) is 0.0763. The lowest BCUT2D eigenvalue weighted by atomic mass is 10.0. The topological polar surface area (TPSA) is 180 Å². The van der Waals surface area contributed by atoms with E-state index in [1.54, 1.807) is 85.4 Å². The first-order valence-corrected chi connectivity index (χ1v) is 26.5. The number of hydrogen-bond donors (Lipinski definition) is 0. The molecule has 1 amide bonds. The lowest BCUT2D eigenvalue weighted by Gasteiger charge is -2.39. The van der Waals surface area contributed by atoms with Crippen LogP contribution < -0.4 is 18.9 Å². The van der Waals surface area contributed by atoms with E-state index in [4.69, 9.17) is 23.7 Å². The number of rotatable bonds is 20. The van der Waals surface area contributed by atoms with Crippen molar-refractivity contribution in [3.8, 4) is 23.0 Å². The number of amides is 1. The van der Waals surface area contributed by atoms with Gasteiger partial charge in [0.1, 0.15) is 28.6 Å². The first-order chi connectivity index (χ1) is 34.3. The van der Waals surface area contributed by atoms with Gasteiger partial charge in [0.05, 0.1) is 28.4 Å². The summed E-state index contributed by atoms with van der Waals surface area (Å²) in [6.07, 6.45) is 3.08. The molecule has 0 atom stereocenters. The molecule has 0 aliphatic carbocycles. The standard InChI is InChI=1S/C28H36N4O6S.C24H30N4O4S/c1-28(2,3)38-27(33)30-16-23(17-30)18-31-15-14-26(29-31)39(34,35)32(19-21-6-10-24(36-4)11-7-21)20-22-8-12-25(37-5)13-9-22;1-26-14-21(15-26)16-27-13-12-24(25-27)33(29,30)28(17-19-4-8-22(31-2)9-5-19)18-20-6-10-23(32-3)11-7-20/h6-15,23H,16-20H2,1-5H3;4-13,21H,14-18H2,1-3H3. The van der Waals surface area contributed by atoms with Gasteiger partial charge in [-0.15, -0.1) is 0 Å². The largest absolute Gasteiger partial charge is 0.497 e. The molecular weight excluding hydrogens is 961 g/mol. The van der Waals surface area contributed by atoms with Crippen molar-refractivity contribution in [2.75, 3.05) is 61.7 Å². The number of aromatic nitrogens is 4. The second kappa shape index (κ2) is 23.4. The number of benzene rings is 4. The molecule has 0 unspecified atom stereocenters. The van der Waals surface area contributed by atoms with Gasteiger partial charge in [-0.05, 0) is 111 Å². The van der Waals surface area contributed by atoms with E-state index >= 15 is 0 Å². The highest BCUT2D eigenvalue weighted by Gasteiger charge is 2.35. The van der Waals surface area contributed by atoms with E-state index in [2.05, 4.69) is 22.1 Å². The molecule has 20 heteroatoms. The van der Waals surface area contributed by atoms with E-state index in [1.807, 2.05) is 93.6 Å². The van der Waals surface area contributed by atoms with Crippen LogP contribution in [0.5, 0.6) is 23.0 Å². The number of methoxy groups -OCH3 is 4. The first-order valence-electron chi connectivity index (χ1n) is 23.6. The Balaban J connectivity index is 0.000000214. The Morgan fingerprint density at radius 2 is 0.833 bits per heavy atom. The van der Waals surface area contributed by atoms with Gasteiger partial charge in [-0.25, -0.2) is 21.6 Å². The summed E-state index contributed by atoms with van der Waals surface area (Å²) in [6.45, 7) is 10.6. The van der Waals surface area contributed by atoms with E-state index in [-0.39, 0.29) is 48.2 Å². The molecule has 2 aliphatic heterocycles. The fraction of sp³-hybridized carbons (Fsp3) is 0.404. The molecule has 2 fully saturated rings. The fourth-order valence-electron chi connectivity index (χ4n) is 8.25. The number of nitrogens with zero attached hydrogens (tertiary/aromatic N) is 8. The number of hydrogen-bond acceptors (Lipinski definition) is 13. The van der Waals surface area contributed by atoms with Gasteiger partial charge in [-0.3, -0.25) is 9.36 Å². The fourth-order valence-corrected chi connectivity index (χ4v) is 10.9. The molecule has 0 saturated carbocycles. The molecule has 0 bridgehead atoms. The summed E-state index contributed by atoms with van der Waals surface area (Å²) in [5.41, 5.74) is 2.83. The van der Waals surface area contributed by atoms with Crippen LogP contribution in [0.15, 0.2) is 132 Å². The maximum absolute atomic E-state index is 13.8. The highest BCUT2D eigenvalue weighted by atomic mass is 32.2. The van der Waals surface area contributed by atoms with Crippen molar-refractivity contribution in [1.82, 2.24) is 38.0 Å². The van der Waals surface area contributed by atoms with Gasteiger partial charge in [-0.1, -0.05) is 48.5 Å². The lowest BCUT2D eigenvalue weighted by Crippen LogP contribution is -2.52. The Labute approximate surface area is 423 Å². The Morgan fingerprint density at radius 3 is 1.11 bits per heavy atom. The minimum Gasteiger partial charge on any atom is -0.497 e. The predicted octanol–water partition coefficient (Wildman–Crippen LogP) is 7.01. The van der Waals surface area contributed by atoms with Crippen molar-refractivity contribution in [2.45, 2.75) is 75.7 Å². The molecule has 8 rings (SSSR count). The SMILES string of the molecule is COc1ccc(CN(Cc2ccc(OC)cc2)S(=O)(=O)c2ccn(CC3CN(C(=O)OC(C)(C)C)C3)n2)cc1.COc1ccc(CN(Cc2ccc(OC)cc2)S(=O)(=O)c2ccn(CC3CN(C)C3)n2)cc1. The van der Waals surface area contributed by atoms with E-state index in [9.17, 15) is 21.6 Å². The van der Waals surface area contributed by atoms with Crippen LogP contribution in [0.2, 0.25) is 0 Å². The Kier molecular flexibility index (Phi) is 17.3. The molecular formula is C52H66N8O10S2. The van der Waals surface area contributed by atoms with Crippen molar-refractivity contribution in [3.05, 3.63) is 144 Å². The molecule has 4 heterocycles. The summed E-state index contributed by atoms with van der Waals surface area (Å²) in [5.74, 6) is 3.52. The van der Waals surface area contributed by atoms with Gasteiger partial charge in [0.15, 0.2) is 10.1 Å². The van der Waals surface area contributed by atoms with Crippen LogP contribution in [0.3, 0.4) is 0 Å². The predicted molar refractivity (Wildman–Crippen MR) is 272 cm³/mol. The van der Waals surface area contributed by atoms with Gasteiger partial charge >= 0.3 is 6.09 Å². The molecule has 2 aliphatic rings. The zero-order valence-corrected chi connectivity index (χ0v) is 43.9. The minimum atomic E-state index is -3.92. The third kappa shape index (κ3) is 14.2. The number of carbonyl (C=O) groups excluding carboxylic acids is 1. The van der Waals surface area contributed by atoms with Crippen LogP contribution in [0.1, 0.15) is 43.0 Å². The Hall–Kier alpha value is -6.45. The van der Waals surface area contributed by atoms with Crippen LogP contribution in [0.25, 0.3) is 0 Å². The normalized spacial score (nSPS) is 14.6. The van der Waals surface area contributed by atoms with Crippen LogP contribution in [-0.4, -0.2) is 128 Å². The second-order valence-electron chi connectivity index (χ2n) is 19.0. The third-order valence-electron chi connectivity index (χ3n) is 12.2. The average Bonchev–Trinajstić information content (AvgIpc) is 4.03. The average molecular weight is 1030 g/mol. The second-order valence-corrected chi connectivity index (χ2v) is 22.8. The number of carbonyl (C=O) groups is 1. The van der Waals surface area contributed by atoms with E-state index in [0.29, 0.717) is 37.1 Å². The van der Waals surface area contributed by atoms with Crippen molar-refractivity contribution in [1.29, 1.82) is 0 Å². The summed E-state index contributed by atoms with van der Waals surface area (Å²) in [6, 6.07) is 32.6. The van der Waals surface area contributed by atoms with Crippen molar-refractivity contribution in [3.63, 3.8) is 0 Å². The zero-order chi connectivity index (χ0) is 51.6. The molecule has 2 saturated heterocycles. The molecule has 386 valence electrons. The summed E-state index contributed by atoms with van der Waals surface area (Å²) in [4.78, 5) is 16.1. The molecule has 2 aromatic heterocycles. The third-order valence-corrected chi connectivity index (χ3v) is 15.5. The molecule has 0 radical (unpaired) electrons. The van der Waals surface area contributed by atoms with Crippen molar-refractivity contribution < 1.29 is 45.3 Å². The monoisotopic (exact) mass is 1030 g/mol. The number of sulfonamides is 2. The molecule has 72 heavy (non-hydrogen) atoms. The van der Waals surface area contributed by atoms with Gasteiger partial charge in [0.2, 0.25) is 0 Å². The first kappa shape index (κ1) is 53.4. The number of likely N-dealkylation sites (tertiary alicyclic amines) is 2. The van der Waals surface area contributed by atoms with E-state index in [0.717, 1.165) is 53.4 Å². The molecule has 4 aromatic carbocycles. The van der Waals surface area contributed by atoms with Crippen LogP contribution in [-0.2, 0) is 64.1 Å².